The average Bonchev–Trinajstić information content (AvgIpc) is 3.36. The normalized spacial score (nSPS) is 14.5. The van der Waals surface area contributed by atoms with Gasteiger partial charge >= 0.3 is 39.5 Å². The first-order valence-corrected chi connectivity index (χ1v) is 32.1. The summed E-state index contributed by atoms with van der Waals surface area (Å²) < 4.78 is 67.1. The Kier molecular flexibility index (Phi) is 48.1. The zero-order chi connectivity index (χ0) is 55.0. The zero-order valence-corrected chi connectivity index (χ0v) is 48.7. The molecule has 0 bridgehead atoms. The van der Waals surface area contributed by atoms with E-state index in [1.165, 1.54) is 70.6 Å². The molecule has 3 N–H and O–H groups in total. The van der Waals surface area contributed by atoms with Crippen molar-refractivity contribution >= 4 is 39.5 Å². The van der Waals surface area contributed by atoms with Gasteiger partial charge in [0.25, 0.3) is 0 Å². The number of hydrogen-bond donors (Lipinski definition) is 3. The van der Waals surface area contributed by atoms with Gasteiger partial charge in [-0.05, 0) is 31.6 Å². The molecular weight excluding hydrogens is 995 g/mol. The molecule has 17 nitrogen and oxygen atoms in total. The standard InChI is InChI=1S/C55H106O17P2/c1-6-9-12-15-24-30-34-39-53(58)66-45-51(72-55(60)41-36-31-26-23-21-19-17-16-18-20-22-25-29-32-37-48(4)5)47-70-74(63,64)68-43-49(56)42-67-73(61,62)69-46-50(71-54(59)40-35-28-14-11-8-3)44-65-52(57)38-33-27-13-10-7-2/h48-51,56H,6-47H2,1-5H3,(H,61,62)(H,63,64)/t49-,50+,51+/m0/s1. The quantitative estimate of drug-likeness (QED) is 0.0222. The second-order valence-electron chi connectivity index (χ2n) is 20.4. The van der Waals surface area contributed by atoms with Gasteiger partial charge in [0, 0.05) is 25.7 Å². The summed E-state index contributed by atoms with van der Waals surface area (Å²) in [5.74, 6) is -1.38. The van der Waals surface area contributed by atoms with Gasteiger partial charge in [0.05, 0.1) is 26.4 Å². The summed E-state index contributed by atoms with van der Waals surface area (Å²) in [5.41, 5.74) is 0. The van der Waals surface area contributed by atoms with Crippen molar-refractivity contribution in [3.8, 4) is 0 Å². The summed E-state index contributed by atoms with van der Waals surface area (Å²) in [4.78, 5) is 71.1. The Morgan fingerprint density at radius 2 is 0.622 bits per heavy atom. The lowest BCUT2D eigenvalue weighted by Crippen LogP contribution is -2.30. The minimum Gasteiger partial charge on any atom is -0.462 e. The summed E-state index contributed by atoms with van der Waals surface area (Å²) in [5, 5.41) is 10.4. The monoisotopic (exact) mass is 1100 g/mol. The minimum atomic E-state index is -4.93. The predicted octanol–water partition coefficient (Wildman–Crippen LogP) is 14.3. The lowest BCUT2D eigenvalue weighted by molar-refractivity contribution is -0.161. The number of phosphoric acid groups is 2. The van der Waals surface area contributed by atoms with Crippen molar-refractivity contribution in [2.24, 2.45) is 5.92 Å². The molecule has 0 aromatic heterocycles. The fourth-order valence-electron chi connectivity index (χ4n) is 7.99. The van der Waals surface area contributed by atoms with Crippen LogP contribution in [0.1, 0.15) is 266 Å². The van der Waals surface area contributed by atoms with Crippen LogP contribution < -0.4 is 0 Å². The highest BCUT2D eigenvalue weighted by Crippen LogP contribution is 2.45. The van der Waals surface area contributed by atoms with Gasteiger partial charge in [0.1, 0.15) is 19.3 Å². The van der Waals surface area contributed by atoms with E-state index in [1.807, 2.05) is 0 Å². The highest BCUT2D eigenvalue weighted by atomic mass is 31.2. The lowest BCUT2D eigenvalue weighted by Gasteiger charge is -2.21. The molecule has 0 aromatic rings. The second-order valence-corrected chi connectivity index (χ2v) is 23.4. The summed E-state index contributed by atoms with van der Waals surface area (Å²) in [6, 6.07) is 0. The molecule has 0 amide bonds. The number of carbonyl (C=O) groups is 4. The number of aliphatic hydroxyl groups is 1. The number of carbonyl (C=O) groups excluding carboxylic acids is 4. The number of aliphatic hydroxyl groups excluding tert-OH is 1. The topological polar surface area (TPSA) is 237 Å². The molecule has 0 saturated heterocycles. The first kappa shape index (κ1) is 72.1. The van der Waals surface area contributed by atoms with E-state index in [0.717, 1.165) is 115 Å². The number of ether oxygens (including phenoxy) is 4. The molecule has 0 aliphatic rings. The Morgan fingerprint density at radius 1 is 0.365 bits per heavy atom. The molecule has 74 heavy (non-hydrogen) atoms. The van der Waals surface area contributed by atoms with Crippen molar-refractivity contribution < 1.29 is 80.2 Å². The van der Waals surface area contributed by atoms with Crippen molar-refractivity contribution in [3.05, 3.63) is 0 Å². The van der Waals surface area contributed by atoms with E-state index in [2.05, 4.69) is 34.6 Å². The molecule has 0 heterocycles. The molecule has 0 aromatic carbocycles. The van der Waals surface area contributed by atoms with E-state index in [4.69, 9.17) is 37.0 Å². The van der Waals surface area contributed by atoms with Crippen LogP contribution in [0.15, 0.2) is 0 Å². The van der Waals surface area contributed by atoms with Crippen LogP contribution >= 0.6 is 15.6 Å². The van der Waals surface area contributed by atoms with Crippen LogP contribution in [0.4, 0.5) is 0 Å². The van der Waals surface area contributed by atoms with Crippen LogP contribution in [-0.4, -0.2) is 96.7 Å². The lowest BCUT2D eigenvalue weighted by atomic mass is 10.0. The Labute approximate surface area is 447 Å². The third-order valence-electron chi connectivity index (χ3n) is 12.5. The third-order valence-corrected chi connectivity index (χ3v) is 14.4. The van der Waals surface area contributed by atoms with Crippen LogP contribution in [0.3, 0.4) is 0 Å². The summed E-state index contributed by atoms with van der Waals surface area (Å²) in [7, 11) is -9.84. The van der Waals surface area contributed by atoms with Crippen LogP contribution in [-0.2, 0) is 65.4 Å². The maximum atomic E-state index is 12.9. The molecule has 0 aliphatic carbocycles. The fraction of sp³-hybridized carbons (Fsp3) is 0.927. The predicted molar refractivity (Wildman–Crippen MR) is 289 cm³/mol. The Hall–Kier alpha value is -1.94. The number of phosphoric ester groups is 2. The highest BCUT2D eigenvalue weighted by Gasteiger charge is 2.30. The number of hydrogen-bond acceptors (Lipinski definition) is 15. The van der Waals surface area contributed by atoms with E-state index in [-0.39, 0.29) is 25.7 Å². The highest BCUT2D eigenvalue weighted by molar-refractivity contribution is 7.47. The number of unbranched alkanes of at least 4 members (excludes halogenated alkanes) is 27. The van der Waals surface area contributed by atoms with E-state index >= 15 is 0 Å². The van der Waals surface area contributed by atoms with Gasteiger partial charge in [0.15, 0.2) is 12.2 Å². The molecule has 19 heteroatoms. The first-order valence-electron chi connectivity index (χ1n) is 29.1. The van der Waals surface area contributed by atoms with E-state index in [1.54, 1.807) is 0 Å². The van der Waals surface area contributed by atoms with Gasteiger partial charge in [0.2, 0.25) is 0 Å². The average molecular weight is 1100 g/mol. The van der Waals surface area contributed by atoms with Gasteiger partial charge in [-0.15, -0.1) is 0 Å². The maximum Gasteiger partial charge on any atom is 0.472 e. The molecule has 0 rings (SSSR count). The molecule has 5 atom stereocenters. The number of esters is 4. The summed E-state index contributed by atoms with van der Waals surface area (Å²) in [6.45, 7) is 6.92. The van der Waals surface area contributed by atoms with Crippen molar-refractivity contribution in [3.63, 3.8) is 0 Å². The Balaban J connectivity index is 5.04. The first-order chi connectivity index (χ1) is 35.5. The van der Waals surface area contributed by atoms with Crippen molar-refractivity contribution in [1.82, 2.24) is 0 Å². The molecule has 438 valence electrons. The molecule has 0 fully saturated rings. The zero-order valence-electron chi connectivity index (χ0n) is 47.0. The van der Waals surface area contributed by atoms with E-state index in [0.29, 0.717) is 25.7 Å². The van der Waals surface area contributed by atoms with Crippen LogP contribution in [0.5, 0.6) is 0 Å². The Morgan fingerprint density at radius 3 is 0.919 bits per heavy atom. The number of rotatable bonds is 55. The molecule has 0 radical (unpaired) electrons. The summed E-state index contributed by atoms with van der Waals surface area (Å²) in [6.07, 6.45) is 30.3. The van der Waals surface area contributed by atoms with Crippen molar-refractivity contribution in [2.45, 2.75) is 284 Å². The Bertz CT molecular complexity index is 1470. The van der Waals surface area contributed by atoms with Crippen LogP contribution in [0, 0.1) is 5.92 Å². The maximum absolute atomic E-state index is 12.9. The van der Waals surface area contributed by atoms with Gasteiger partial charge in [-0.2, -0.15) is 0 Å². The largest absolute Gasteiger partial charge is 0.472 e. The molecule has 0 saturated carbocycles. The van der Waals surface area contributed by atoms with Gasteiger partial charge in [-0.25, -0.2) is 9.13 Å². The van der Waals surface area contributed by atoms with Crippen molar-refractivity contribution in [2.75, 3.05) is 39.6 Å². The summed E-state index contributed by atoms with van der Waals surface area (Å²) >= 11 is 0. The van der Waals surface area contributed by atoms with E-state index in [9.17, 15) is 43.2 Å². The molecule has 2 unspecified atom stereocenters. The van der Waals surface area contributed by atoms with Gasteiger partial charge in [-0.1, -0.05) is 214 Å². The fourth-order valence-corrected chi connectivity index (χ4v) is 9.57. The van der Waals surface area contributed by atoms with Gasteiger partial charge in [-0.3, -0.25) is 37.3 Å². The molecule has 0 spiro atoms. The van der Waals surface area contributed by atoms with Gasteiger partial charge < -0.3 is 33.8 Å². The van der Waals surface area contributed by atoms with Crippen molar-refractivity contribution in [1.29, 1.82) is 0 Å². The third kappa shape index (κ3) is 49.6. The van der Waals surface area contributed by atoms with Crippen LogP contribution in [0.25, 0.3) is 0 Å². The molecular formula is C55H106O17P2. The van der Waals surface area contributed by atoms with E-state index < -0.39 is 97.5 Å². The molecule has 0 aliphatic heterocycles. The SMILES string of the molecule is CCCCCCCCCC(=O)OC[C@H](COP(=O)(O)OC[C@@H](O)COP(=O)(O)OC[C@@H](COC(=O)CCCCCCC)OC(=O)CCCCCCC)OC(=O)CCCCCCCCCCCCCCCCC(C)C. The smallest absolute Gasteiger partial charge is 0.462 e. The van der Waals surface area contributed by atoms with Crippen LogP contribution in [0.2, 0.25) is 0 Å². The second kappa shape index (κ2) is 49.4. The minimum absolute atomic E-state index is 0.0987.